The molecule has 0 aliphatic carbocycles. The quantitative estimate of drug-likeness (QED) is 0.523. The molecule has 2 aromatic carbocycles. The molecule has 9 heteroatoms. The summed E-state index contributed by atoms with van der Waals surface area (Å²) in [6, 6.07) is 12.7. The largest absolute Gasteiger partial charge is 0.497 e. The van der Waals surface area contributed by atoms with Gasteiger partial charge >= 0.3 is 0 Å². The fraction of sp³-hybridized carbons (Fsp3) is 0.0588. The van der Waals surface area contributed by atoms with Crippen LogP contribution in [0.25, 0.3) is 11.3 Å². The molecule has 26 heavy (non-hydrogen) atoms. The average Bonchev–Trinajstić information content (AvgIpc) is 3.04. The third-order valence-electron chi connectivity index (χ3n) is 3.55. The van der Waals surface area contributed by atoms with E-state index in [-0.39, 0.29) is 16.7 Å². The summed E-state index contributed by atoms with van der Waals surface area (Å²) in [5.41, 5.74) is 7.28. The molecular weight excluding hydrogens is 356 g/mol. The first-order valence-electron chi connectivity index (χ1n) is 7.44. The van der Waals surface area contributed by atoms with Crippen LogP contribution in [-0.4, -0.2) is 22.9 Å². The molecule has 0 unspecified atom stereocenters. The Bertz CT molecular complexity index is 952. The van der Waals surface area contributed by atoms with Crippen LogP contribution < -0.4 is 15.8 Å². The number of aromatic nitrogens is 1. The van der Waals surface area contributed by atoms with E-state index in [2.05, 4.69) is 10.3 Å². The highest BCUT2D eigenvalue weighted by Crippen LogP contribution is 2.31. The first-order chi connectivity index (χ1) is 12.5. The van der Waals surface area contributed by atoms with Crippen molar-refractivity contribution in [2.45, 2.75) is 0 Å². The number of anilines is 2. The molecular formula is C17H14N4O4S. The Morgan fingerprint density at radius 2 is 1.85 bits per heavy atom. The molecule has 3 N–H and O–H groups in total. The number of nitrogens with two attached hydrogens (primary N) is 1. The van der Waals surface area contributed by atoms with Crippen molar-refractivity contribution in [2.75, 3.05) is 18.2 Å². The lowest BCUT2D eigenvalue weighted by atomic mass is 10.1. The van der Waals surface area contributed by atoms with Crippen LogP contribution in [0.4, 0.5) is 16.5 Å². The van der Waals surface area contributed by atoms with Gasteiger partial charge in [0.2, 0.25) is 0 Å². The minimum Gasteiger partial charge on any atom is -0.497 e. The smallest absolute Gasteiger partial charge is 0.269 e. The molecule has 0 saturated carbocycles. The van der Waals surface area contributed by atoms with E-state index in [9.17, 15) is 14.9 Å². The van der Waals surface area contributed by atoms with Crippen LogP contribution in [0.5, 0.6) is 5.75 Å². The van der Waals surface area contributed by atoms with Crippen LogP contribution in [0, 0.1) is 10.1 Å². The first kappa shape index (κ1) is 17.4. The summed E-state index contributed by atoms with van der Waals surface area (Å²) in [6.45, 7) is 0. The molecule has 1 aromatic heterocycles. The van der Waals surface area contributed by atoms with Gasteiger partial charge in [-0.05, 0) is 36.4 Å². The first-order valence-corrected chi connectivity index (χ1v) is 8.26. The molecule has 0 aliphatic rings. The van der Waals surface area contributed by atoms with Crippen molar-refractivity contribution in [3.05, 3.63) is 63.5 Å². The number of hydrogen-bond acceptors (Lipinski definition) is 7. The Kier molecular flexibility index (Phi) is 4.81. The minimum absolute atomic E-state index is 0.0406. The van der Waals surface area contributed by atoms with Gasteiger partial charge in [-0.2, -0.15) is 0 Å². The molecule has 0 saturated heterocycles. The van der Waals surface area contributed by atoms with E-state index >= 15 is 0 Å². The molecule has 0 atom stereocenters. The molecule has 0 fully saturated rings. The molecule has 132 valence electrons. The van der Waals surface area contributed by atoms with Gasteiger partial charge in [0.25, 0.3) is 11.6 Å². The molecule has 3 aromatic rings. The fourth-order valence-corrected chi connectivity index (χ4v) is 3.04. The molecule has 0 bridgehead atoms. The number of thiazole rings is 1. The summed E-state index contributed by atoms with van der Waals surface area (Å²) < 4.78 is 5.08. The van der Waals surface area contributed by atoms with Gasteiger partial charge in [-0.1, -0.05) is 11.3 Å². The Labute approximate surface area is 152 Å². The van der Waals surface area contributed by atoms with Crippen LogP contribution in [0.15, 0.2) is 48.5 Å². The molecule has 0 radical (unpaired) electrons. The van der Waals surface area contributed by atoms with Crippen molar-refractivity contribution < 1.29 is 14.5 Å². The summed E-state index contributed by atoms with van der Waals surface area (Å²) in [5.74, 6) is 0.314. The van der Waals surface area contributed by atoms with Gasteiger partial charge < -0.3 is 15.8 Å². The number of ether oxygens (including phenoxy) is 1. The van der Waals surface area contributed by atoms with E-state index in [4.69, 9.17) is 10.5 Å². The maximum Gasteiger partial charge on any atom is 0.269 e. The molecule has 1 heterocycles. The van der Waals surface area contributed by atoms with E-state index in [0.717, 1.165) is 11.3 Å². The predicted octanol–water partition coefficient (Wildman–Crippen LogP) is 3.56. The van der Waals surface area contributed by atoms with E-state index in [1.54, 1.807) is 31.4 Å². The molecule has 0 spiro atoms. The number of hydrogen-bond donors (Lipinski definition) is 2. The van der Waals surface area contributed by atoms with Gasteiger partial charge in [0.15, 0.2) is 5.13 Å². The number of methoxy groups -OCH3 is 1. The normalized spacial score (nSPS) is 10.3. The topological polar surface area (TPSA) is 120 Å². The highest BCUT2D eigenvalue weighted by molar-refractivity contribution is 7.17. The number of nitrogen functional groups attached to an aromatic ring is 1. The minimum atomic E-state index is -0.490. The van der Waals surface area contributed by atoms with Gasteiger partial charge in [0, 0.05) is 23.4 Å². The van der Waals surface area contributed by atoms with E-state index < -0.39 is 4.92 Å². The zero-order chi connectivity index (χ0) is 18.7. The highest BCUT2D eigenvalue weighted by atomic mass is 32.1. The van der Waals surface area contributed by atoms with Crippen molar-refractivity contribution >= 4 is 33.8 Å². The molecule has 1 amide bonds. The third-order valence-corrected chi connectivity index (χ3v) is 4.43. The number of carbonyl (C=O) groups is 1. The van der Waals surface area contributed by atoms with Crippen molar-refractivity contribution in [3.63, 3.8) is 0 Å². The van der Waals surface area contributed by atoms with Crippen LogP contribution in [0.2, 0.25) is 0 Å². The van der Waals surface area contributed by atoms with Crippen molar-refractivity contribution in [3.8, 4) is 17.0 Å². The lowest BCUT2D eigenvalue weighted by Gasteiger charge is -2.06. The molecule has 3 rings (SSSR count). The number of amides is 1. The number of nitro groups is 1. The van der Waals surface area contributed by atoms with Crippen molar-refractivity contribution in [1.29, 1.82) is 0 Å². The summed E-state index contributed by atoms with van der Waals surface area (Å²) in [6.07, 6.45) is 0. The second kappa shape index (κ2) is 7.19. The fourth-order valence-electron chi connectivity index (χ4n) is 2.29. The van der Waals surface area contributed by atoms with E-state index in [1.165, 1.54) is 24.3 Å². The summed E-state index contributed by atoms with van der Waals surface area (Å²) >= 11 is 1.05. The Morgan fingerprint density at radius 1 is 1.19 bits per heavy atom. The second-order valence-corrected chi connectivity index (χ2v) is 6.25. The number of non-ortho nitro benzene ring substituents is 1. The van der Waals surface area contributed by atoms with Gasteiger partial charge in [-0.25, -0.2) is 4.98 Å². The third kappa shape index (κ3) is 3.62. The highest BCUT2D eigenvalue weighted by Gasteiger charge is 2.19. The van der Waals surface area contributed by atoms with Crippen LogP contribution in [0.1, 0.15) is 9.67 Å². The number of nitrogens with zero attached hydrogens (tertiary/aromatic N) is 2. The van der Waals surface area contributed by atoms with Gasteiger partial charge in [-0.3, -0.25) is 14.9 Å². The van der Waals surface area contributed by atoms with Gasteiger partial charge in [0.05, 0.1) is 17.7 Å². The standard InChI is InChI=1S/C17H14N4O4S/c1-25-13-8-4-11(5-9-13)19-16(22)15-14(20-17(18)26-15)10-2-6-12(7-3-10)21(23)24/h2-9H,1H3,(H2,18,20)(H,19,22). The Morgan fingerprint density at radius 3 is 2.42 bits per heavy atom. The second-order valence-electron chi connectivity index (χ2n) is 5.22. The zero-order valence-corrected chi connectivity index (χ0v) is 14.4. The lowest BCUT2D eigenvalue weighted by Crippen LogP contribution is -2.11. The number of carbonyl (C=O) groups excluding carboxylic acids is 1. The Hall–Kier alpha value is -3.46. The SMILES string of the molecule is COc1ccc(NC(=O)c2sc(N)nc2-c2ccc([N+](=O)[O-])cc2)cc1. The monoisotopic (exact) mass is 370 g/mol. The van der Waals surface area contributed by atoms with Gasteiger partial charge in [0.1, 0.15) is 10.6 Å². The predicted molar refractivity (Wildman–Crippen MR) is 99.6 cm³/mol. The van der Waals surface area contributed by atoms with Crippen LogP contribution >= 0.6 is 11.3 Å². The average molecular weight is 370 g/mol. The van der Waals surface area contributed by atoms with E-state index in [0.29, 0.717) is 27.6 Å². The maximum absolute atomic E-state index is 12.6. The van der Waals surface area contributed by atoms with Crippen LogP contribution in [-0.2, 0) is 0 Å². The Balaban J connectivity index is 1.88. The van der Waals surface area contributed by atoms with E-state index in [1.807, 2.05) is 0 Å². The summed E-state index contributed by atoms with van der Waals surface area (Å²) in [7, 11) is 1.56. The number of nitro benzene ring substituents is 1. The number of nitrogens with one attached hydrogen (secondary N) is 1. The molecule has 0 aliphatic heterocycles. The maximum atomic E-state index is 12.6. The summed E-state index contributed by atoms with van der Waals surface area (Å²) in [4.78, 5) is 27.4. The molecule has 8 nitrogen and oxygen atoms in total. The zero-order valence-electron chi connectivity index (χ0n) is 13.6. The summed E-state index contributed by atoms with van der Waals surface area (Å²) in [5, 5.41) is 13.8. The number of benzene rings is 2. The van der Waals surface area contributed by atoms with Crippen molar-refractivity contribution in [2.24, 2.45) is 0 Å². The lowest BCUT2D eigenvalue weighted by molar-refractivity contribution is -0.384. The van der Waals surface area contributed by atoms with Crippen molar-refractivity contribution in [1.82, 2.24) is 4.98 Å². The van der Waals surface area contributed by atoms with Gasteiger partial charge in [-0.15, -0.1) is 0 Å². The van der Waals surface area contributed by atoms with Crippen LogP contribution in [0.3, 0.4) is 0 Å². The number of rotatable bonds is 5.